The van der Waals surface area contributed by atoms with Crippen LogP contribution in [0.15, 0.2) is 18.2 Å². The second-order valence-electron chi connectivity index (χ2n) is 4.55. The van der Waals surface area contributed by atoms with Crippen molar-refractivity contribution in [1.29, 1.82) is 0 Å². The lowest BCUT2D eigenvalue weighted by Crippen LogP contribution is -2.41. The Morgan fingerprint density at radius 2 is 1.82 bits per heavy atom. The van der Waals surface area contributed by atoms with E-state index < -0.39 is 11.6 Å². The number of nitrogens with one attached hydrogen (secondary N) is 2. The van der Waals surface area contributed by atoms with Gasteiger partial charge in [0.05, 0.1) is 0 Å². The minimum Gasteiger partial charge on any atom is -0.317 e. The molecule has 0 spiro atoms. The van der Waals surface area contributed by atoms with Crippen molar-refractivity contribution < 1.29 is 8.78 Å². The largest absolute Gasteiger partial charge is 0.317 e. The van der Waals surface area contributed by atoms with Gasteiger partial charge in [0.15, 0.2) is 0 Å². The third-order valence-corrected chi connectivity index (χ3v) is 3.26. The van der Waals surface area contributed by atoms with E-state index in [4.69, 9.17) is 0 Å². The van der Waals surface area contributed by atoms with E-state index in [1.165, 1.54) is 18.2 Å². The Labute approximate surface area is 100 Å². The molecule has 17 heavy (non-hydrogen) atoms. The summed E-state index contributed by atoms with van der Waals surface area (Å²) in [6, 6.07) is 4.05. The number of hydrogen-bond acceptors (Lipinski definition) is 2. The van der Waals surface area contributed by atoms with Crippen LogP contribution in [0.1, 0.15) is 31.4 Å². The summed E-state index contributed by atoms with van der Waals surface area (Å²) in [4.78, 5) is 0. The predicted octanol–water partition coefficient (Wildman–Crippen LogP) is 2.37. The van der Waals surface area contributed by atoms with Gasteiger partial charge in [0.2, 0.25) is 0 Å². The number of piperidine rings is 1. The Morgan fingerprint density at radius 1 is 1.24 bits per heavy atom. The SMILES string of the molecule is CC(NC1CCNCC1)c1c(F)cccc1F. The maximum Gasteiger partial charge on any atom is 0.130 e. The summed E-state index contributed by atoms with van der Waals surface area (Å²) in [5, 5.41) is 6.56. The molecule has 1 saturated heterocycles. The summed E-state index contributed by atoms with van der Waals surface area (Å²) in [6.07, 6.45) is 2.00. The number of benzene rings is 1. The highest BCUT2D eigenvalue weighted by atomic mass is 19.1. The van der Waals surface area contributed by atoms with Crippen molar-refractivity contribution in [3.63, 3.8) is 0 Å². The molecule has 94 valence electrons. The summed E-state index contributed by atoms with van der Waals surface area (Å²) >= 11 is 0. The number of hydrogen-bond donors (Lipinski definition) is 2. The second-order valence-corrected chi connectivity index (χ2v) is 4.55. The van der Waals surface area contributed by atoms with Crippen LogP contribution < -0.4 is 10.6 Å². The molecule has 0 saturated carbocycles. The second kappa shape index (κ2) is 5.56. The lowest BCUT2D eigenvalue weighted by atomic mass is 10.0. The third kappa shape index (κ3) is 3.01. The van der Waals surface area contributed by atoms with Crippen molar-refractivity contribution in [3.8, 4) is 0 Å². The molecule has 1 aromatic rings. The average molecular weight is 240 g/mol. The van der Waals surface area contributed by atoms with Gasteiger partial charge in [-0.2, -0.15) is 0 Å². The highest BCUT2D eigenvalue weighted by molar-refractivity contribution is 5.22. The minimum absolute atomic E-state index is 0.144. The molecule has 4 heteroatoms. The van der Waals surface area contributed by atoms with Gasteiger partial charge in [-0.05, 0) is 45.0 Å². The van der Waals surface area contributed by atoms with E-state index >= 15 is 0 Å². The van der Waals surface area contributed by atoms with E-state index in [2.05, 4.69) is 10.6 Å². The van der Waals surface area contributed by atoms with Gasteiger partial charge >= 0.3 is 0 Å². The molecule has 2 rings (SSSR count). The first kappa shape index (κ1) is 12.5. The van der Waals surface area contributed by atoms with Crippen LogP contribution in [-0.2, 0) is 0 Å². The van der Waals surface area contributed by atoms with Crippen LogP contribution in [0.4, 0.5) is 8.78 Å². The van der Waals surface area contributed by atoms with Gasteiger partial charge < -0.3 is 10.6 Å². The fourth-order valence-corrected chi connectivity index (χ4v) is 2.35. The number of rotatable bonds is 3. The molecule has 0 radical (unpaired) electrons. The first-order valence-corrected chi connectivity index (χ1v) is 6.09. The molecule has 0 aromatic heterocycles. The molecule has 0 bridgehead atoms. The molecule has 1 aliphatic heterocycles. The quantitative estimate of drug-likeness (QED) is 0.847. The molecular formula is C13H18F2N2. The zero-order valence-corrected chi connectivity index (χ0v) is 9.97. The van der Waals surface area contributed by atoms with Crippen molar-refractivity contribution in [2.24, 2.45) is 0 Å². The van der Waals surface area contributed by atoms with Crippen molar-refractivity contribution >= 4 is 0 Å². The highest BCUT2D eigenvalue weighted by Crippen LogP contribution is 2.21. The summed E-state index contributed by atoms with van der Waals surface area (Å²) in [5.74, 6) is -0.946. The lowest BCUT2D eigenvalue weighted by Gasteiger charge is -2.27. The molecule has 2 N–H and O–H groups in total. The van der Waals surface area contributed by atoms with Crippen LogP contribution in [0.5, 0.6) is 0 Å². The summed E-state index contributed by atoms with van der Waals surface area (Å²) in [5.41, 5.74) is 0.144. The van der Waals surface area contributed by atoms with E-state index in [9.17, 15) is 8.78 Å². The van der Waals surface area contributed by atoms with Crippen LogP contribution in [0.25, 0.3) is 0 Å². The standard InChI is InChI=1S/C13H18F2N2/c1-9(17-10-5-7-16-8-6-10)13-11(14)3-2-4-12(13)15/h2-4,9-10,16-17H,5-8H2,1H3. The molecular weight excluding hydrogens is 222 g/mol. The van der Waals surface area contributed by atoms with Crippen LogP contribution in [0.2, 0.25) is 0 Å². The maximum absolute atomic E-state index is 13.6. The monoisotopic (exact) mass is 240 g/mol. The molecule has 1 fully saturated rings. The van der Waals surface area contributed by atoms with E-state index in [0.717, 1.165) is 25.9 Å². The van der Waals surface area contributed by atoms with Gasteiger partial charge in [0, 0.05) is 17.6 Å². The van der Waals surface area contributed by atoms with E-state index in [1.807, 2.05) is 6.92 Å². The van der Waals surface area contributed by atoms with Crippen LogP contribution in [0, 0.1) is 11.6 Å². The fraction of sp³-hybridized carbons (Fsp3) is 0.538. The lowest BCUT2D eigenvalue weighted by molar-refractivity contribution is 0.350. The zero-order chi connectivity index (χ0) is 12.3. The van der Waals surface area contributed by atoms with E-state index in [-0.39, 0.29) is 11.6 Å². The molecule has 1 heterocycles. The fourth-order valence-electron chi connectivity index (χ4n) is 2.35. The molecule has 0 aliphatic carbocycles. The minimum atomic E-state index is -0.473. The van der Waals surface area contributed by atoms with Crippen LogP contribution in [-0.4, -0.2) is 19.1 Å². The molecule has 1 aliphatic rings. The van der Waals surface area contributed by atoms with E-state index in [1.54, 1.807) is 0 Å². The predicted molar refractivity (Wildman–Crippen MR) is 63.8 cm³/mol. The van der Waals surface area contributed by atoms with Gasteiger partial charge in [0.1, 0.15) is 11.6 Å². The van der Waals surface area contributed by atoms with Gasteiger partial charge in [-0.3, -0.25) is 0 Å². The normalized spacial score (nSPS) is 19.2. The Kier molecular flexibility index (Phi) is 4.07. The summed E-state index contributed by atoms with van der Waals surface area (Å²) in [7, 11) is 0. The Balaban J connectivity index is 2.05. The maximum atomic E-state index is 13.6. The van der Waals surface area contributed by atoms with Gasteiger partial charge in [-0.1, -0.05) is 6.07 Å². The Morgan fingerprint density at radius 3 is 2.41 bits per heavy atom. The summed E-state index contributed by atoms with van der Waals surface area (Å²) in [6.45, 7) is 3.73. The molecule has 1 atom stereocenters. The highest BCUT2D eigenvalue weighted by Gasteiger charge is 2.20. The first-order valence-electron chi connectivity index (χ1n) is 6.09. The van der Waals surface area contributed by atoms with Crippen LogP contribution in [0.3, 0.4) is 0 Å². The topological polar surface area (TPSA) is 24.1 Å². The van der Waals surface area contributed by atoms with Gasteiger partial charge in [-0.25, -0.2) is 8.78 Å². The van der Waals surface area contributed by atoms with Gasteiger partial charge in [0.25, 0.3) is 0 Å². The average Bonchev–Trinajstić information content (AvgIpc) is 2.30. The summed E-state index contributed by atoms with van der Waals surface area (Å²) < 4.78 is 27.1. The first-order chi connectivity index (χ1) is 8.18. The van der Waals surface area contributed by atoms with Crippen molar-refractivity contribution in [2.75, 3.05) is 13.1 Å². The van der Waals surface area contributed by atoms with Crippen LogP contribution >= 0.6 is 0 Å². The molecule has 0 amide bonds. The smallest absolute Gasteiger partial charge is 0.130 e. The van der Waals surface area contributed by atoms with Crippen molar-refractivity contribution in [1.82, 2.24) is 10.6 Å². The molecule has 1 unspecified atom stereocenters. The van der Waals surface area contributed by atoms with Gasteiger partial charge in [-0.15, -0.1) is 0 Å². The third-order valence-electron chi connectivity index (χ3n) is 3.26. The Hall–Kier alpha value is -1.00. The Bertz CT molecular complexity index is 355. The van der Waals surface area contributed by atoms with E-state index in [0.29, 0.717) is 6.04 Å². The van der Waals surface area contributed by atoms with Crippen molar-refractivity contribution in [3.05, 3.63) is 35.4 Å². The molecule has 1 aromatic carbocycles. The number of halogens is 2. The molecule has 2 nitrogen and oxygen atoms in total. The van der Waals surface area contributed by atoms with Crippen molar-refractivity contribution in [2.45, 2.75) is 31.8 Å². The zero-order valence-electron chi connectivity index (χ0n) is 9.97.